The van der Waals surface area contributed by atoms with Gasteiger partial charge in [-0.2, -0.15) is 0 Å². The summed E-state index contributed by atoms with van der Waals surface area (Å²) in [6, 6.07) is 7.97. The van der Waals surface area contributed by atoms with Crippen molar-refractivity contribution < 1.29 is 4.74 Å². The van der Waals surface area contributed by atoms with Gasteiger partial charge < -0.3 is 4.74 Å². The van der Waals surface area contributed by atoms with Crippen LogP contribution in [0.4, 0.5) is 0 Å². The molecule has 5 heteroatoms. The van der Waals surface area contributed by atoms with Gasteiger partial charge in [0.25, 0.3) is 0 Å². The zero-order valence-electron chi connectivity index (χ0n) is 10.5. The Balaban J connectivity index is 1.82. The van der Waals surface area contributed by atoms with E-state index in [0.717, 1.165) is 11.4 Å². The maximum Gasteiger partial charge on any atom is 0.119 e. The fourth-order valence-electron chi connectivity index (χ4n) is 1.50. The second-order valence-electron chi connectivity index (χ2n) is 4.18. The number of halogens is 1. The third-order valence-corrected chi connectivity index (χ3v) is 2.80. The number of aryl methyl sites for hydroxylation is 1. The SMILES string of the molecule is Cc1ccc(OCCn2cc(C(C)Cl)nn2)cc1. The van der Waals surface area contributed by atoms with Crippen LogP contribution in [0, 0.1) is 6.92 Å². The van der Waals surface area contributed by atoms with Gasteiger partial charge >= 0.3 is 0 Å². The van der Waals surface area contributed by atoms with Crippen LogP contribution in [0.15, 0.2) is 30.5 Å². The molecule has 0 aliphatic carbocycles. The van der Waals surface area contributed by atoms with Crippen molar-refractivity contribution in [2.45, 2.75) is 25.8 Å². The Bertz CT molecular complexity index is 493. The van der Waals surface area contributed by atoms with E-state index in [1.807, 2.05) is 44.3 Å². The van der Waals surface area contributed by atoms with E-state index in [1.165, 1.54) is 5.56 Å². The number of benzene rings is 1. The normalized spacial score (nSPS) is 12.4. The quantitative estimate of drug-likeness (QED) is 0.781. The summed E-state index contributed by atoms with van der Waals surface area (Å²) in [6.07, 6.45) is 1.84. The predicted molar refractivity (Wildman–Crippen MR) is 71.0 cm³/mol. The van der Waals surface area contributed by atoms with Crippen LogP contribution in [0.25, 0.3) is 0 Å². The predicted octanol–water partition coefficient (Wildman–Crippen LogP) is 2.97. The van der Waals surface area contributed by atoms with Gasteiger partial charge in [0.1, 0.15) is 18.1 Å². The fourth-order valence-corrected chi connectivity index (χ4v) is 1.60. The zero-order valence-corrected chi connectivity index (χ0v) is 11.3. The molecule has 0 fully saturated rings. The summed E-state index contributed by atoms with van der Waals surface area (Å²) in [5.41, 5.74) is 2.01. The van der Waals surface area contributed by atoms with Crippen molar-refractivity contribution in [1.82, 2.24) is 15.0 Å². The molecule has 0 aliphatic rings. The molecule has 1 aromatic heterocycles. The van der Waals surface area contributed by atoms with Crippen molar-refractivity contribution in [2.75, 3.05) is 6.61 Å². The molecule has 0 amide bonds. The van der Waals surface area contributed by atoms with Gasteiger partial charge in [-0.1, -0.05) is 22.9 Å². The van der Waals surface area contributed by atoms with Crippen LogP contribution in [0.2, 0.25) is 0 Å². The van der Waals surface area contributed by atoms with Crippen molar-refractivity contribution in [3.63, 3.8) is 0 Å². The van der Waals surface area contributed by atoms with Crippen molar-refractivity contribution >= 4 is 11.6 Å². The highest BCUT2D eigenvalue weighted by Gasteiger charge is 2.06. The number of hydrogen-bond donors (Lipinski definition) is 0. The monoisotopic (exact) mass is 265 g/mol. The highest BCUT2D eigenvalue weighted by atomic mass is 35.5. The van der Waals surface area contributed by atoms with E-state index in [1.54, 1.807) is 4.68 Å². The van der Waals surface area contributed by atoms with E-state index in [4.69, 9.17) is 16.3 Å². The van der Waals surface area contributed by atoms with Gasteiger partial charge in [-0.05, 0) is 26.0 Å². The van der Waals surface area contributed by atoms with Gasteiger partial charge in [0, 0.05) is 0 Å². The molecule has 0 bridgehead atoms. The minimum atomic E-state index is -0.114. The highest BCUT2D eigenvalue weighted by molar-refractivity contribution is 6.20. The van der Waals surface area contributed by atoms with E-state index in [-0.39, 0.29) is 5.38 Å². The van der Waals surface area contributed by atoms with E-state index >= 15 is 0 Å². The summed E-state index contributed by atoms with van der Waals surface area (Å²) in [7, 11) is 0. The van der Waals surface area contributed by atoms with Gasteiger partial charge in [0.2, 0.25) is 0 Å². The van der Waals surface area contributed by atoms with E-state index in [2.05, 4.69) is 10.3 Å². The molecular formula is C13H16ClN3O. The van der Waals surface area contributed by atoms with Crippen molar-refractivity contribution in [3.8, 4) is 5.75 Å². The largest absolute Gasteiger partial charge is 0.492 e. The minimum Gasteiger partial charge on any atom is -0.492 e. The Morgan fingerprint density at radius 1 is 1.33 bits per heavy atom. The van der Waals surface area contributed by atoms with Crippen LogP contribution in [0.1, 0.15) is 23.6 Å². The molecule has 0 spiro atoms. The van der Waals surface area contributed by atoms with Gasteiger partial charge in [-0.25, -0.2) is 4.68 Å². The number of aromatic nitrogens is 3. The number of nitrogens with zero attached hydrogens (tertiary/aromatic N) is 3. The number of alkyl halides is 1. The van der Waals surface area contributed by atoms with Crippen LogP contribution in [0.5, 0.6) is 5.75 Å². The Morgan fingerprint density at radius 3 is 2.67 bits per heavy atom. The standard InChI is InChI=1S/C13H16ClN3O/c1-10-3-5-12(6-4-10)18-8-7-17-9-13(11(2)14)15-16-17/h3-6,9,11H,7-8H2,1-2H3. The summed E-state index contributed by atoms with van der Waals surface area (Å²) in [4.78, 5) is 0. The Morgan fingerprint density at radius 2 is 2.06 bits per heavy atom. The summed E-state index contributed by atoms with van der Waals surface area (Å²) in [5, 5.41) is 7.85. The summed E-state index contributed by atoms with van der Waals surface area (Å²) in [6.45, 7) is 5.14. The van der Waals surface area contributed by atoms with Crippen molar-refractivity contribution in [3.05, 3.63) is 41.7 Å². The first-order chi connectivity index (χ1) is 8.65. The molecule has 1 atom stereocenters. The number of rotatable bonds is 5. The van der Waals surface area contributed by atoms with Crippen molar-refractivity contribution in [1.29, 1.82) is 0 Å². The lowest BCUT2D eigenvalue weighted by molar-refractivity contribution is 0.289. The first kappa shape index (κ1) is 12.9. The molecule has 96 valence electrons. The third-order valence-electron chi connectivity index (χ3n) is 2.57. The van der Waals surface area contributed by atoms with Gasteiger partial charge in [0.15, 0.2) is 0 Å². The molecule has 0 N–H and O–H groups in total. The summed E-state index contributed by atoms with van der Waals surface area (Å²) in [5.74, 6) is 0.867. The first-order valence-electron chi connectivity index (χ1n) is 5.89. The van der Waals surface area contributed by atoms with Crippen molar-refractivity contribution in [2.24, 2.45) is 0 Å². The van der Waals surface area contributed by atoms with E-state index in [9.17, 15) is 0 Å². The number of hydrogen-bond acceptors (Lipinski definition) is 3. The van der Waals surface area contributed by atoms with Crippen LogP contribution >= 0.6 is 11.6 Å². The topological polar surface area (TPSA) is 39.9 Å². The molecule has 2 aromatic rings. The van der Waals surface area contributed by atoms with Gasteiger partial charge in [0.05, 0.1) is 18.1 Å². The maximum absolute atomic E-state index is 5.91. The Kier molecular flexibility index (Phi) is 4.20. The summed E-state index contributed by atoms with van der Waals surface area (Å²) < 4.78 is 7.35. The van der Waals surface area contributed by atoms with Gasteiger partial charge in [-0.15, -0.1) is 16.7 Å². The zero-order chi connectivity index (χ0) is 13.0. The van der Waals surface area contributed by atoms with Crippen LogP contribution in [-0.2, 0) is 6.54 Å². The number of ether oxygens (including phenoxy) is 1. The molecule has 18 heavy (non-hydrogen) atoms. The van der Waals surface area contributed by atoms with Crippen LogP contribution in [0.3, 0.4) is 0 Å². The molecule has 1 unspecified atom stereocenters. The average molecular weight is 266 g/mol. The third kappa shape index (κ3) is 3.47. The molecule has 1 aromatic carbocycles. The highest BCUT2D eigenvalue weighted by Crippen LogP contribution is 2.15. The summed E-state index contributed by atoms with van der Waals surface area (Å²) >= 11 is 5.91. The van der Waals surface area contributed by atoms with Gasteiger partial charge in [-0.3, -0.25) is 0 Å². The Labute approximate surface area is 112 Å². The molecular weight excluding hydrogens is 250 g/mol. The molecule has 4 nitrogen and oxygen atoms in total. The lowest BCUT2D eigenvalue weighted by atomic mass is 10.2. The Hall–Kier alpha value is -1.55. The van der Waals surface area contributed by atoms with Crippen LogP contribution in [-0.4, -0.2) is 21.6 Å². The minimum absolute atomic E-state index is 0.114. The fraction of sp³-hybridized carbons (Fsp3) is 0.385. The molecule has 2 rings (SSSR count). The van der Waals surface area contributed by atoms with E-state index < -0.39 is 0 Å². The molecule has 0 saturated heterocycles. The first-order valence-corrected chi connectivity index (χ1v) is 6.32. The smallest absolute Gasteiger partial charge is 0.119 e. The molecule has 0 aliphatic heterocycles. The van der Waals surface area contributed by atoms with E-state index in [0.29, 0.717) is 13.2 Å². The lowest BCUT2D eigenvalue weighted by Crippen LogP contribution is -2.08. The average Bonchev–Trinajstić information content (AvgIpc) is 2.81. The molecule has 1 heterocycles. The molecule has 0 radical (unpaired) electrons. The second kappa shape index (κ2) is 5.87. The lowest BCUT2D eigenvalue weighted by Gasteiger charge is -2.05. The molecule has 0 saturated carbocycles. The van der Waals surface area contributed by atoms with Crippen LogP contribution < -0.4 is 4.74 Å². The maximum atomic E-state index is 5.91. The second-order valence-corrected chi connectivity index (χ2v) is 4.84.